The zero-order valence-corrected chi connectivity index (χ0v) is 14.6. The van der Waals surface area contributed by atoms with Gasteiger partial charge in [-0.25, -0.2) is 0 Å². The topological polar surface area (TPSA) is 34.9 Å². The van der Waals surface area contributed by atoms with E-state index in [9.17, 15) is 4.79 Å². The van der Waals surface area contributed by atoms with Gasteiger partial charge in [0.2, 0.25) is 0 Å². The van der Waals surface area contributed by atoms with E-state index in [4.69, 9.17) is 0 Å². The van der Waals surface area contributed by atoms with Gasteiger partial charge in [-0.2, -0.15) is 5.10 Å². The van der Waals surface area contributed by atoms with E-state index in [0.717, 1.165) is 21.1 Å². The normalized spacial score (nSPS) is 12.4. The number of hydrogen-bond donors (Lipinski definition) is 0. The summed E-state index contributed by atoms with van der Waals surface area (Å²) in [6, 6.07) is 7.87. The van der Waals surface area contributed by atoms with Gasteiger partial charge in [0.1, 0.15) is 0 Å². The van der Waals surface area contributed by atoms with Crippen LogP contribution in [0, 0.1) is 0 Å². The van der Waals surface area contributed by atoms with Gasteiger partial charge in [0.25, 0.3) is 0 Å². The van der Waals surface area contributed by atoms with Crippen LogP contribution in [0.3, 0.4) is 0 Å². The number of halogens is 2. The molecule has 0 amide bonds. The van der Waals surface area contributed by atoms with Crippen molar-refractivity contribution in [3.05, 3.63) is 50.7 Å². The van der Waals surface area contributed by atoms with Crippen LogP contribution in [-0.4, -0.2) is 15.6 Å². The maximum Gasteiger partial charge on any atom is 0.170 e. The van der Waals surface area contributed by atoms with Gasteiger partial charge in [-0.1, -0.05) is 38.8 Å². The molecule has 0 aliphatic rings. The average Bonchev–Trinajstić information content (AvgIpc) is 2.89. The lowest BCUT2D eigenvalue weighted by atomic mass is 10.1. The standard InChI is InChI=1S/C15H16Br2N2O/c1-3-10(2)19-7-6-12(18-19)9-15(20)13-8-11(16)4-5-14(13)17/h4-8,10H,3,9H2,1-2H3. The maximum atomic E-state index is 12.3. The summed E-state index contributed by atoms with van der Waals surface area (Å²) in [7, 11) is 0. The molecule has 2 rings (SSSR count). The van der Waals surface area contributed by atoms with Crippen LogP contribution in [-0.2, 0) is 6.42 Å². The van der Waals surface area contributed by atoms with Crippen molar-refractivity contribution in [1.29, 1.82) is 0 Å². The smallest absolute Gasteiger partial charge is 0.170 e. The number of carbonyl (C=O) groups is 1. The number of aromatic nitrogens is 2. The van der Waals surface area contributed by atoms with Crippen LogP contribution in [0.1, 0.15) is 42.4 Å². The maximum absolute atomic E-state index is 12.3. The fourth-order valence-electron chi connectivity index (χ4n) is 1.88. The monoisotopic (exact) mass is 398 g/mol. The van der Waals surface area contributed by atoms with Gasteiger partial charge >= 0.3 is 0 Å². The quantitative estimate of drug-likeness (QED) is 0.676. The van der Waals surface area contributed by atoms with Crippen LogP contribution in [0.5, 0.6) is 0 Å². The third-order valence-electron chi connectivity index (χ3n) is 3.28. The molecule has 0 aliphatic carbocycles. The Labute approximate surface area is 135 Å². The van der Waals surface area contributed by atoms with Gasteiger partial charge in [-0.05, 0) is 37.6 Å². The van der Waals surface area contributed by atoms with Crippen LogP contribution in [0.15, 0.2) is 39.4 Å². The summed E-state index contributed by atoms with van der Waals surface area (Å²) >= 11 is 6.81. The van der Waals surface area contributed by atoms with Crippen molar-refractivity contribution >= 4 is 37.6 Å². The Kier molecular flexibility index (Phi) is 5.16. The van der Waals surface area contributed by atoms with Crippen molar-refractivity contribution in [1.82, 2.24) is 9.78 Å². The lowest BCUT2D eigenvalue weighted by Crippen LogP contribution is -2.08. The molecule has 1 unspecified atom stereocenters. The van der Waals surface area contributed by atoms with Crippen LogP contribution in [0.2, 0.25) is 0 Å². The second-order valence-electron chi connectivity index (χ2n) is 4.77. The number of ketones is 1. The van der Waals surface area contributed by atoms with Crippen LogP contribution in [0.4, 0.5) is 0 Å². The molecular formula is C15H16Br2N2O. The van der Waals surface area contributed by atoms with Crippen molar-refractivity contribution < 1.29 is 4.79 Å². The molecule has 1 aromatic heterocycles. The summed E-state index contributed by atoms with van der Waals surface area (Å²) in [6.45, 7) is 4.24. The minimum atomic E-state index is 0.0626. The first kappa shape index (κ1) is 15.4. The average molecular weight is 400 g/mol. The van der Waals surface area contributed by atoms with Crippen LogP contribution >= 0.6 is 31.9 Å². The van der Waals surface area contributed by atoms with E-state index in [1.54, 1.807) is 0 Å². The summed E-state index contributed by atoms with van der Waals surface area (Å²) in [5.74, 6) is 0.0626. The zero-order chi connectivity index (χ0) is 14.7. The van der Waals surface area contributed by atoms with Gasteiger partial charge in [0, 0.05) is 26.7 Å². The van der Waals surface area contributed by atoms with Crippen molar-refractivity contribution in [2.45, 2.75) is 32.7 Å². The third-order valence-corrected chi connectivity index (χ3v) is 4.46. The van der Waals surface area contributed by atoms with Crippen molar-refractivity contribution in [3.8, 4) is 0 Å². The molecule has 0 saturated heterocycles. The Morgan fingerprint density at radius 3 is 2.80 bits per heavy atom. The Bertz CT molecular complexity index is 622. The third kappa shape index (κ3) is 3.58. The predicted octanol–water partition coefficient (Wildman–Crippen LogP) is 4.80. The van der Waals surface area contributed by atoms with Crippen LogP contribution in [0.25, 0.3) is 0 Å². The number of carbonyl (C=O) groups excluding carboxylic acids is 1. The van der Waals surface area contributed by atoms with Gasteiger partial charge in [0.05, 0.1) is 12.1 Å². The molecular weight excluding hydrogens is 384 g/mol. The first-order valence-electron chi connectivity index (χ1n) is 6.53. The minimum Gasteiger partial charge on any atom is -0.294 e. The molecule has 106 valence electrons. The number of benzene rings is 1. The molecule has 2 aromatic rings. The zero-order valence-electron chi connectivity index (χ0n) is 11.4. The van der Waals surface area contributed by atoms with E-state index >= 15 is 0 Å². The second-order valence-corrected chi connectivity index (χ2v) is 6.54. The molecule has 1 atom stereocenters. The van der Waals surface area contributed by atoms with E-state index in [-0.39, 0.29) is 5.78 Å². The number of nitrogens with zero attached hydrogens (tertiary/aromatic N) is 2. The highest BCUT2D eigenvalue weighted by Gasteiger charge is 2.14. The number of Topliss-reactive ketones (excluding diaryl/α,β-unsaturated/α-hetero) is 1. The van der Waals surface area contributed by atoms with Gasteiger partial charge in [-0.3, -0.25) is 9.48 Å². The summed E-state index contributed by atoms with van der Waals surface area (Å²) < 4.78 is 3.62. The molecule has 1 aromatic carbocycles. The predicted molar refractivity (Wildman–Crippen MR) is 87.1 cm³/mol. The van der Waals surface area contributed by atoms with E-state index in [0.29, 0.717) is 18.0 Å². The molecule has 5 heteroatoms. The first-order chi connectivity index (χ1) is 9.51. The molecule has 0 fully saturated rings. The van der Waals surface area contributed by atoms with Crippen molar-refractivity contribution in [2.24, 2.45) is 0 Å². The van der Waals surface area contributed by atoms with E-state index in [1.165, 1.54) is 0 Å². The first-order valence-corrected chi connectivity index (χ1v) is 8.12. The highest BCUT2D eigenvalue weighted by atomic mass is 79.9. The Morgan fingerprint density at radius 2 is 2.10 bits per heavy atom. The lowest BCUT2D eigenvalue weighted by molar-refractivity contribution is 0.0991. The van der Waals surface area contributed by atoms with E-state index < -0.39 is 0 Å². The number of hydrogen-bond acceptors (Lipinski definition) is 2. The fraction of sp³-hybridized carbons (Fsp3) is 0.333. The van der Waals surface area contributed by atoms with Gasteiger partial charge in [0.15, 0.2) is 5.78 Å². The lowest BCUT2D eigenvalue weighted by Gasteiger charge is -2.08. The Balaban J connectivity index is 2.15. The van der Waals surface area contributed by atoms with Gasteiger partial charge in [-0.15, -0.1) is 0 Å². The molecule has 0 saturated carbocycles. The van der Waals surface area contributed by atoms with E-state index in [1.807, 2.05) is 35.1 Å². The van der Waals surface area contributed by atoms with E-state index in [2.05, 4.69) is 50.8 Å². The molecule has 3 nitrogen and oxygen atoms in total. The summed E-state index contributed by atoms with van der Waals surface area (Å²) in [5.41, 5.74) is 1.49. The fourth-order valence-corrected chi connectivity index (χ4v) is 2.70. The SMILES string of the molecule is CCC(C)n1ccc(CC(=O)c2cc(Br)ccc2Br)n1. The molecule has 0 bridgehead atoms. The summed E-state index contributed by atoms with van der Waals surface area (Å²) in [5, 5.41) is 4.47. The summed E-state index contributed by atoms with van der Waals surface area (Å²) in [6.07, 6.45) is 3.28. The molecule has 20 heavy (non-hydrogen) atoms. The Morgan fingerprint density at radius 1 is 1.35 bits per heavy atom. The minimum absolute atomic E-state index is 0.0626. The Hall–Kier alpha value is -0.940. The second kappa shape index (κ2) is 6.68. The largest absolute Gasteiger partial charge is 0.294 e. The van der Waals surface area contributed by atoms with Crippen molar-refractivity contribution in [2.75, 3.05) is 0 Å². The summed E-state index contributed by atoms with van der Waals surface area (Å²) in [4.78, 5) is 12.3. The van der Waals surface area contributed by atoms with Crippen LogP contribution < -0.4 is 0 Å². The molecule has 1 heterocycles. The molecule has 0 N–H and O–H groups in total. The number of rotatable bonds is 5. The highest BCUT2D eigenvalue weighted by Crippen LogP contribution is 2.23. The van der Waals surface area contributed by atoms with Gasteiger partial charge < -0.3 is 0 Å². The molecule has 0 aliphatic heterocycles. The van der Waals surface area contributed by atoms with Crippen molar-refractivity contribution in [3.63, 3.8) is 0 Å². The molecule has 0 radical (unpaired) electrons. The highest BCUT2D eigenvalue weighted by molar-refractivity contribution is 9.11. The molecule has 0 spiro atoms.